The molecule has 5 heteroatoms. The summed E-state index contributed by atoms with van der Waals surface area (Å²) in [6.07, 6.45) is 0.891. The van der Waals surface area contributed by atoms with E-state index in [9.17, 15) is 10.4 Å². The van der Waals surface area contributed by atoms with Crippen LogP contribution in [0.15, 0.2) is 48.5 Å². The Balaban J connectivity index is 1.42. The van der Waals surface area contributed by atoms with Crippen LogP contribution in [0.1, 0.15) is 24.0 Å². The minimum atomic E-state index is -0.475. The summed E-state index contributed by atoms with van der Waals surface area (Å²) in [5, 5.41) is 20.0. The summed E-state index contributed by atoms with van der Waals surface area (Å²) >= 11 is 0. The Bertz CT molecular complexity index is 863. The molecule has 1 aliphatic heterocycles. The van der Waals surface area contributed by atoms with E-state index in [0.29, 0.717) is 23.3 Å². The molecule has 1 aliphatic carbocycles. The van der Waals surface area contributed by atoms with E-state index >= 15 is 0 Å². The number of hydrogen-bond donors (Lipinski definition) is 1. The largest absolute Gasteiger partial charge is 0.493 e. The minimum absolute atomic E-state index is 0.219. The molecule has 4 atom stereocenters. The Morgan fingerprint density at radius 1 is 1.04 bits per heavy atom. The average Bonchev–Trinajstić information content (AvgIpc) is 3.10. The highest BCUT2D eigenvalue weighted by Gasteiger charge is 2.42. The number of fused-ring (bicyclic) bond motifs is 1. The molecule has 0 aromatic heterocycles. The van der Waals surface area contributed by atoms with Gasteiger partial charge in [-0.2, -0.15) is 5.26 Å². The molecule has 28 heavy (non-hydrogen) atoms. The summed E-state index contributed by atoms with van der Waals surface area (Å²) in [5.74, 6) is 2.35. The molecule has 0 spiro atoms. The van der Waals surface area contributed by atoms with Crippen LogP contribution in [0.5, 0.6) is 11.5 Å². The minimum Gasteiger partial charge on any atom is -0.493 e. The van der Waals surface area contributed by atoms with E-state index in [2.05, 4.69) is 11.0 Å². The van der Waals surface area contributed by atoms with E-state index < -0.39 is 6.10 Å². The average molecular weight is 378 g/mol. The molecule has 4 rings (SSSR count). The Morgan fingerprint density at radius 3 is 2.46 bits per heavy atom. The van der Waals surface area contributed by atoms with Crippen molar-refractivity contribution in [2.45, 2.75) is 31.6 Å². The first-order valence-corrected chi connectivity index (χ1v) is 9.86. The molecule has 146 valence electrons. The van der Waals surface area contributed by atoms with Crippen LogP contribution in [0, 0.1) is 23.2 Å². The van der Waals surface area contributed by atoms with Gasteiger partial charge >= 0.3 is 0 Å². The zero-order chi connectivity index (χ0) is 19.5. The third-order valence-electron chi connectivity index (χ3n) is 6.04. The quantitative estimate of drug-likeness (QED) is 0.865. The second kappa shape index (κ2) is 8.22. The maximum absolute atomic E-state index is 10.7. The molecular formula is C23H26N2O3. The Morgan fingerprint density at radius 2 is 1.71 bits per heavy atom. The molecule has 2 aromatic rings. The summed E-state index contributed by atoms with van der Waals surface area (Å²) in [5.41, 5.74) is 1.82. The highest BCUT2D eigenvalue weighted by atomic mass is 16.5. The number of aliphatic hydroxyl groups excluding tert-OH is 1. The van der Waals surface area contributed by atoms with Gasteiger partial charge in [-0.1, -0.05) is 30.3 Å². The number of aliphatic hydroxyl groups is 1. The molecule has 2 aliphatic rings. The third-order valence-corrected chi connectivity index (χ3v) is 6.04. The van der Waals surface area contributed by atoms with Gasteiger partial charge in [0.2, 0.25) is 0 Å². The predicted octanol–water partition coefficient (Wildman–Crippen LogP) is 3.22. The van der Waals surface area contributed by atoms with Gasteiger partial charge in [-0.25, -0.2) is 0 Å². The van der Waals surface area contributed by atoms with Gasteiger partial charge in [-0.05, 0) is 48.4 Å². The van der Waals surface area contributed by atoms with Gasteiger partial charge in [0.1, 0.15) is 6.10 Å². The van der Waals surface area contributed by atoms with Crippen molar-refractivity contribution in [3.8, 4) is 17.6 Å². The van der Waals surface area contributed by atoms with Gasteiger partial charge in [-0.3, -0.25) is 4.90 Å². The molecule has 2 aromatic carbocycles. The van der Waals surface area contributed by atoms with Crippen LogP contribution in [-0.2, 0) is 6.54 Å². The number of nitrogens with zero attached hydrogens (tertiary/aromatic N) is 2. The normalized spacial score (nSPS) is 27.0. The van der Waals surface area contributed by atoms with Crippen molar-refractivity contribution in [2.24, 2.45) is 11.8 Å². The van der Waals surface area contributed by atoms with E-state index in [1.165, 1.54) is 0 Å². The highest BCUT2D eigenvalue weighted by molar-refractivity contribution is 5.39. The van der Waals surface area contributed by atoms with E-state index in [0.717, 1.165) is 43.6 Å². The molecule has 1 saturated carbocycles. The highest BCUT2D eigenvalue weighted by Crippen LogP contribution is 2.39. The van der Waals surface area contributed by atoms with Gasteiger partial charge in [-0.15, -0.1) is 0 Å². The van der Waals surface area contributed by atoms with Gasteiger partial charge in [0, 0.05) is 19.6 Å². The first-order valence-electron chi connectivity index (χ1n) is 9.86. The monoisotopic (exact) mass is 378 g/mol. The van der Waals surface area contributed by atoms with E-state index in [-0.39, 0.29) is 6.10 Å². The number of para-hydroxylation sites is 2. The fraction of sp³-hybridized carbons (Fsp3) is 0.435. The van der Waals surface area contributed by atoms with Crippen molar-refractivity contribution in [2.75, 3.05) is 20.2 Å². The molecule has 0 bridgehead atoms. The Kier molecular flexibility index (Phi) is 5.52. The lowest BCUT2D eigenvalue weighted by Crippen LogP contribution is -2.42. The van der Waals surface area contributed by atoms with Crippen LogP contribution < -0.4 is 9.47 Å². The number of likely N-dealkylation sites (tertiary alicyclic amines) is 1. The van der Waals surface area contributed by atoms with Crippen molar-refractivity contribution >= 4 is 0 Å². The number of ether oxygens (including phenoxy) is 2. The summed E-state index contributed by atoms with van der Waals surface area (Å²) in [6, 6.07) is 17.7. The number of nitriles is 1. The number of rotatable bonds is 5. The molecular weight excluding hydrogens is 352 g/mol. The van der Waals surface area contributed by atoms with Gasteiger partial charge in [0.05, 0.1) is 24.8 Å². The number of methoxy groups -OCH3 is 1. The van der Waals surface area contributed by atoms with Gasteiger partial charge in [0.25, 0.3) is 0 Å². The van der Waals surface area contributed by atoms with Crippen LogP contribution in [0.25, 0.3) is 0 Å². The van der Waals surface area contributed by atoms with Crippen molar-refractivity contribution in [3.63, 3.8) is 0 Å². The first-order chi connectivity index (χ1) is 13.7. The van der Waals surface area contributed by atoms with Crippen molar-refractivity contribution in [1.82, 2.24) is 4.90 Å². The molecule has 5 nitrogen and oxygen atoms in total. The van der Waals surface area contributed by atoms with Crippen LogP contribution in [0.4, 0.5) is 0 Å². The van der Waals surface area contributed by atoms with Crippen molar-refractivity contribution < 1.29 is 14.6 Å². The third kappa shape index (κ3) is 3.84. The SMILES string of the molecule is COc1ccccc1O[C@@H]1C[C@@H]2CN(Cc3ccccc3C#N)C[C@@H]2C[C@H]1O. The van der Waals surface area contributed by atoms with Crippen LogP contribution in [0.2, 0.25) is 0 Å². The zero-order valence-corrected chi connectivity index (χ0v) is 16.1. The fourth-order valence-corrected chi connectivity index (χ4v) is 4.63. The zero-order valence-electron chi connectivity index (χ0n) is 16.1. The lowest BCUT2D eigenvalue weighted by Gasteiger charge is -2.35. The number of benzene rings is 2. The molecule has 1 heterocycles. The molecule has 1 saturated heterocycles. The predicted molar refractivity (Wildman–Crippen MR) is 106 cm³/mol. The Labute approximate surface area is 166 Å². The van der Waals surface area contributed by atoms with E-state index in [1.807, 2.05) is 48.5 Å². The molecule has 0 radical (unpaired) electrons. The second-order valence-corrected chi connectivity index (χ2v) is 7.83. The standard InChI is InChI=1S/C23H26N2O3/c1-27-21-8-4-5-9-22(21)28-23-11-19-15-25(14-18(19)10-20(23)26)13-17-7-3-2-6-16(17)12-24/h2-9,18-20,23,26H,10-11,13-15H2,1H3/t18-,19+,20+,23+/m0/s1. The summed E-state index contributed by atoms with van der Waals surface area (Å²) in [6.45, 7) is 2.72. The van der Waals surface area contributed by atoms with E-state index in [1.54, 1.807) is 7.11 Å². The molecule has 1 N–H and O–H groups in total. The van der Waals surface area contributed by atoms with E-state index in [4.69, 9.17) is 9.47 Å². The molecule has 0 amide bonds. The Hall–Kier alpha value is -2.55. The lowest BCUT2D eigenvalue weighted by atomic mass is 9.78. The number of hydrogen-bond acceptors (Lipinski definition) is 5. The summed E-state index contributed by atoms with van der Waals surface area (Å²) < 4.78 is 11.5. The van der Waals surface area contributed by atoms with Crippen LogP contribution >= 0.6 is 0 Å². The smallest absolute Gasteiger partial charge is 0.161 e. The second-order valence-electron chi connectivity index (χ2n) is 7.83. The first kappa shape index (κ1) is 18.8. The maximum atomic E-state index is 10.7. The fourth-order valence-electron chi connectivity index (χ4n) is 4.63. The van der Waals surface area contributed by atoms with Crippen LogP contribution in [-0.4, -0.2) is 42.4 Å². The maximum Gasteiger partial charge on any atom is 0.161 e. The summed E-state index contributed by atoms with van der Waals surface area (Å²) in [4.78, 5) is 2.41. The lowest BCUT2D eigenvalue weighted by molar-refractivity contribution is -0.0240. The topological polar surface area (TPSA) is 65.7 Å². The van der Waals surface area contributed by atoms with Crippen molar-refractivity contribution in [3.05, 3.63) is 59.7 Å². The van der Waals surface area contributed by atoms with Crippen molar-refractivity contribution in [1.29, 1.82) is 5.26 Å². The van der Waals surface area contributed by atoms with Gasteiger partial charge < -0.3 is 14.6 Å². The van der Waals surface area contributed by atoms with Crippen LogP contribution in [0.3, 0.4) is 0 Å². The van der Waals surface area contributed by atoms with Gasteiger partial charge in [0.15, 0.2) is 11.5 Å². The molecule has 0 unspecified atom stereocenters. The summed E-state index contributed by atoms with van der Waals surface area (Å²) in [7, 11) is 1.63. The molecule has 2 fully saturated rings.